The van der Waals surface area contributed by atoms with Gasteiger partial charge in [-0.15, -0.1) is 24.0 Å². The van der Waals surface area contributed by atoms with E-state index >= 15 is 0 Å². The Morgan fingerprint density at radius 2 is 1.72 bits per heavy atom. The maximum absolute atomic E-state index is 12.2. The van der Waals surface area contributed by atoms with Crippen molar-refractivity contribution >= 4 is 40.0 Å². The van der Waals surface area contributed by atoms with Gasteiger partial charge in [-0.2, -0.15) is 0 Å². The molecule has 0 unspecified atom stereocenters. The lowest BCUT2D eigenvalue weighted by Gasteiger charge is -2.34. The van der Waals surface area contributed by atoms with Gasteiger partial charge in [0, 0.05) is 46.6 Å². The summed E-state index contributed by atoms with van der Waals surface area (Å²) in [6, 6.07) is 16.9. The lowest BCUT2D eigenvalue weighted by Crippen LogP contribution is -2.47. The lowest BCUT2D eigenvalue weighted by molar-refractivity contribution is 0.129. The number of benzene rings is 2. The summed E-state index contributed by atoms with van der Waals surface area (Å²) in [5.41, 5.74) is 0.968. The largest absolute Gasteiger partial charge is 0.490 e. The molecule has 0 atom stereocenters. The van der Waals surface area contributed by atoms with Crippen LogP contribution in [0.25, 0.3) is 0 Å². The number of sulfonamides is 1. The minimum atomic E-state index is -3.41. The molecule has 1 saturated heterocycles. The van der Waals surface area contributed by atoms with Gasteiger partial charge in [0.1, 0.15) is 11.9 Å². The zero-order valence-electron chi connectivity index (χ0n) is 18.9. The number of para-hydroxylation sites is 1. The summed E-state index contributed by atoms with van der Waals surface area (Å²) in [6.45, 7) is 5.10. The standard InChI is InChI=1S/C23H32N4O3S.HI/c1-4-24-23(25-18-19-10-12-22(13-11-19)31(28,29)26(2)3)27-16-14-21(15-17-27)30-20-8-6-5-7-9-20;/h5-13,21H,4,14-18H2,1-3H3,(H,24,25);1H. The smallest absolute Gasteiger partial charge is 0.242 e. The molecule has 7 nitrogen and oxygen atoms in total. The molecule has 0 saturated carbocycles. The number of aliphatic imine (C=N–C) groups is 1. The number of likely N-dealkylation sites (tertiary alicyclic amines) is 1. The second-order valence-electron chi connectivity index (χ2n) is 7.72. The Hall–Kier alpha value is -1.85. The molecule has 9 heteroatoms. The van der Waals surface area contributed by atoms with Gasteiger partial charge in [-0.1, -0.05) is 30.3 Å². The average molecular weight is 573 g/mol. The maximum Gasteiger partial charge on any atom is 0.242 e. The van der Waals surface area contributed by atoms with E-state index in [2.05, 4.69) is 17.1 Å². The number of guanidine groups is 1. The first-order valence-electron chi connectivity index (χ1n) is 10.7. The molecule has 0 spiro atoms. The molecule has 0 bridgehead atoms. The summed E-state index contributed by atoms with van der Waals surface area (Å²) in [7, 11) is -0.349. The average Bonchev–Trinajstić information content (AvgIpc) is 2.78. The minimum Gasteiger partial charge on any atom is -0.490 e. The molecular weight excluding hydrogens is 539 g/mol. The van der Waals surface area contributed by atoms with Crippen LogP contribution in [-0.2, 0) is 16.6 Å². The fraction of sp³-hybridized carbons (Fsp3) is 0.435. The summed E-state index contributed by atoms with van der Waals surface area (Å²) < 4.78 is 31.7. The normalized spacial score (nSPS) is 15.4. The number of ether oxygens (including phenoxy) is 1. The van der Waals surface area contributed by atoms with Crippen molar-refractivity contribution in [1.29, 1.82) is 0 Å². The van der Waals surface area contributed by atoms with Crippen LogP contribution >= 0.6 is 24.0 Å². The molecule has 1 heterocycles. The molecule has 1 aliphatic rings. The van der Waals surface area contributed by atoms with Gasteiger partial charge in [0.05, 0.1) is 11.4 Å². The highest BCUT2D eigenvalue weighted by Gasteiger charge is 2.23. The van der Waals surface area contributed by atoms with Crippen LogP contribution in [0.5, 0.6) is 5.75 Å². The Kier molecular flexibility index (Phi) is 10.2. The minimum absolute atomic E-state index is 0. The molecule has 1 N–H and O–H groups in total. The van der Waals surface area contributed by atoms with E-state index in [1.54, 1.807) is 12.1 Å². The summed E-state index contributed by atoms with van der Waals surface area (Å²) in [6.07, 6.45) is 2.10. The highest BCUT2D eigenvalue weighted by Crippen LogP contribution is 2.19. The molecule has 1 aliphatic heterocycles. The van der Waals surface area contributed by atoms with E-state index in [1.165, 1.54) is 18.4 Å². The fourth-order valence-electron chi connectivity index (χ4n) is 3.45. The molecule has 0 aromatic heterocycles. The van der Waals surface area contributed by atoms with Crippen LogP contribution in [0.1, 0.15) is 25.3 Å². The predicted octanol–water partition coefficient (Wildman–Crippen LogP) is 3.56. The second-order valence-corrected chi connectivity index (χ2v) is 9.87. The summed E-state index contributed by atoms with van der Waals surface area (Å²) in [5.74, 6) is 1.80. The summed E-state index contributed by atoms with van der Waals surface area (Å²) in [4.78, 5) is 7.33. The van der Waals surface area contributed by atoms with Crippen LogP contribution in [0.3, 0.4) is 0 Å². The molecule has 176 valence electrons. The molecule has 32 heavy (non-hydrogen) atoms. The SMILES string of the molecule is CCNC(=NCc1ccc(S(=O)(=O)N(C)C)cc1)N1CCC(Oc2ccccc2)CC1.I. The van der Waals surface area contributed by atoms with Gasteiger partial charge < -0.3 is 15.0 Å². The zero-order valence-corrected chi connectivity index (χ0v) is 22.0. The molecule has 0 aliphatic carbocycles. The Labute approximate surface area is 208 Å². The van der Waals surface area contributed by atoms with Gasteiger partial charge in [0.25, 0.3) is 0 Å². The van der Waals surface area contributed by atoms with E-state index in [-0.39, 0.29) is 35.0 Å². The number of piperidine rings is 1. The van der Waals surface area contributed by atoms with Crippen molar-refractivity contribution in [2.75, 3.05) is 33.7 Å². The maximum atomic E-state index is 12.2. The Bertz CT molecular complexity index is 958. The van der Waals surface area contributed by atoms with Crippen LogP contribution < -0.4 is 10.1 Å². The van der Waals surface area contributed by atoms with Crippen molar-refractivity contribution in [3.8, 4) is 5.75 Å². The van der Waals surface area contributed by atoms with E-state index in [4.69, 9.17) is 9.73 Å². The number of hydrogen-bond acceptors (Lipinski definition) is 4. The fourth-order valence-corrected chi connectivity index (χ4v) is 4.35. The third-order valence-corrected chi connectivity index (χ3v) is 7.07. The van der Waals surface area contributed by atoms with Crippen LogP contribution in [0, 0.1) is 0 Å². The Morgan fingerprint density at radius 1 is 1.09 bits per heavy atom. The van der Waals surface area contributed by atoms with E-state index in [1.807, 2.05) is 42.5 Å². The van der Waals surface area contributed by atoms with E-state index in [0.717, 1.165) is 49.7 Å². The van der Waals surface area contributed by atoms with Crippen molar-refractivity contribution in [1.82, 2.24) is 14.5 Å². The molecule has 2 aromatic carbocycles. The van der Waals surface area contributed by atoms with Gasteiger partial charge in [-0.25, -0.2) is 17.7 Å². The topological polar surface area (TPSA) is 74.2 Å². The summed E-state index contributed by atoms with van der Waals surface area (Å²) >= 11 is 0. The third kappa shape index (κ3) is 7.08. The van der Waals surface area contributed by atoms with E-state index in [9.17, 15) is 8.42 Å². The van der Waals surface area contributed by atoms with E-state index in [0.29, 0.717) is 6.54 Å². The second kappa shape index (κ2) is 12.4. The lowest BCUT2D eigenvalue weighted by atomic mass is 10.1. The Morgan fingerprint density at radius 3 is 2.28 bits per heavy atom. The van der Waals surface area contributed by atoms with Crippen molar-refractivity contribution in [2.24, 2.45) is 4.99 Å². The highest BCUT2D eigenvalue weighted by molar-refractivity contribution is 14.0. The van der Waals surface area contributed by atoms with Crippen molar-refractivity contribution in [3.05, 3.63) is 60.2 Å². The van der Waals surface area contributed by atoms with Gasteiger partial charge >= 0.3 is 0 Å². The zero-order chi connectivity index (χ0) is 22.3. The first-order valence-corrected chi connectivity index (χ1v) is 12.1. The monoisotopic (exact) mass is 572 g/mol. The predicted molar refractivity (Wildman–Crippen MR) is 139 cm³/mol. The van der Waals surface area contributed by atoms with Gasteiger partial charge in [-0.05, 0) is 36.8 Å². The van der Waals surface area contributed by atoms with Crippen molar-refractivity contribution < 1.29 is 13.2 Å². The number of nitrogens with one attached hydrogen (secondary N) is 1. The number of hydrogen-bond donors (Lipinski definition) is 1. The molecule has 3 rings (SSSR count). The van der Waals surface area contributed by atoms with Crippen LogP contribution in [-0.4, -0.2) is 63.4 Å². The van der Waals surface area contributed by atoms with Gasteiger partial charge in [-0.3, -0.25) is 0 Å². The van der Waals surface area contributed by atoms with Crippen molar-refractivity contribution in [2.45, 2.75) is 37.3 Å². The van der Waals surface area contributed by atoms with Gasteiger partial charge in [0.2, 0.25) is 10.0 Å². The third-order valence-electron chi connectivity index (χ3n) is 5.24. The van der Waals surface area contributed by atoms with Crippen LogP contribution in [0.2, 0.25) is 0 Å². The molecule has 1 fully saturated rings. The first-order chi connectivity index (χ1) is 14.9. The quantitative estimate of drug-likeness (QED) is 0.312. The number of halogens is 1. The Balaban J connectivity index is 0.00000363. The number of nitrogens with zero attached hydrogens (tertiary/aromatic N) is 3. The van der Waals surface area contributed by atoms with Gasteiger partial charge in [0.15, 0.2) is 5.96 Å². The first kappa shape index (κ1) is 26.4. The number of rotatable bonds is 7. The van der Waals surface area contributed by atoms with E-state index < -0.39 is 10.0 Å². The molecule has 2 aromatic rings. The molecular formula is C23H33IN4O3S. The highest BCUT2D eigenvalue weighted by atomic mass is 127. The van der Waals surface area contributed by atoms with Crippen LogP contribution in [0.4, 0.5) is 0 Å². The van der Waals surface area contributed by atoms with Crippen molar-refractivity contribution in [3.63, 3.8) is 0 Å². The van der Waals surface area contributed by atoms with Crippen LogP contribution in [0.15, 0.2) is 64.5 Å². The molecule has 0 amide bonds. The summed E-state index contributed by atoms with van der Waals surface area (Å²) in [5, 5.41) is 3.37. The molecule has 0 radical (unpaired) electrons.